The van der Waals surface area contributed by atoms with Crippen molar-refractivity contribution in [1.29, 1.82) is 0 Å². The third kappa shape index (κ3) is 4.21. The number of carbonyl (C=O) groups is 1. The molecule has 1 heterocycles. The van der Waals surface area contributed by atoms with Gasteiger partial charge in [-0.2, -0.15) is 0 Å². The summed E-state index contributed by atoms with van der Waals surface area (Å²) in [6, 6.07) is 0.610. The molecule has 0 aromatic rings. The maximum Gasteiger partial charge on any atom is 0.225 e. The zero-order chi connectivity index (χ0) is 14.4. The third-order valence-corrected chi connectivity index (χ3v) is 5.29. The molecule has 1 amide bonds. The van der Waals surface area contributed by atoms with Crippen LogP contribution in [-0.4, -0.2) is 37.0 Å². The van der Waals surface area contributed by atoms with Gasteiger partial charge in [0, 0.05) is 25.0 Å². The van der Waals surface area contributed by atoms with Gasteiger partial charge in [0.1, 0.15) is 0 Å². The first-order chi connectivity index (χ1) is 9.74. The number of rotatable bonds is 6. The van der Waals surface area contributed by atoms with Gasteiger partial charge < -0.3 is 10.2 Å². The maximum absolute atomic E-state index is 12.8. The Morgan fingerprint density at radius 2 is 1.85 bits per heavy atom. The molecule has 3 heteroatoms. The molecule has 2 fully saturated rings. The Bertz CT molecular complexity index is 291. The maximum atomic E-state index is 12.8. The largest absolute Gasteiger partial charge is 0.342 e. The van der Waals surface area contributed by atoms with Crippen molar-refractivity contribution in [2.24, 2.45) is 11.8 Å². The number of hydrogen-bond donors (Lipinski definition) is 1. The highest BCUT2D eigenvalue weighted by molar-refractivity contribution is 5.79. The first-order valence-electron chi connectivity index (χ1n) is 8.70. The molecule has 1 aliphatic carbocycles. The van der Waals surface area contributed by atoms with E-state index in [9.17, 15) is 4.79 Å². The van der Waals surface area contributed by atoms with E-state index in [1.54, 1.807) is 0 Å². The van der Waals surface area contributed by atoms with Crippen LogP contribution in [0.2, 0.25) is 0 Å². The van der Waals surface area contributed by atoms with E-state index in [0.29, 0.717) is 17.9 Å². The van der Waals surface area contributed by atoms with Gasteiger partial charge in [0.15, 0.2) is 0 Å². The van der Waals surface area contributed by atoms with Gasteiger partial charge >= 0.3 is 0 Å². The van der Waals surface area contributed by atoms with Crippen LogP contribution >= 0.6 is 0 Å². The number of nitrogens with zero attached hydrogens (tertiary/aromatic N) is 1. The lowest BCUT2D eigenvalue weighted by Gasteiger charge is -2.34. The zero-order valence-corrected chi connectivity index (χ0v) is 13.4. The van der Waals surface area contributed by atoms with Crippen molar-refractivity contribution in [1.82, 2.24) is 10.2 Å². The quantitative estimate of drug-likeness (QED) is 0.810. The van der Waals surface area contributed by atoms with Gasteiger partial charge in [-0.1, -0.05) is 39.0 Å². The van der Waals surface area contributed by atoms with Crippen LogP contribution < -0.4 is 5.32 Å². The summed E-state index contributed by atoms with van der Waals surface area (Å²) in [5.74, 6) is 1.58. The highest BCUT2D eigenvalue weighted by Crippen LogP contribution is 2.32. The fraction of sp³-hybridized carbons (Fsp3) is 0.941. The van der Waals surface area contributed by atoms with Gasteiger partial charge in [-0.25, -0.2) is 0 Å². The van der Waals surface area contributed by atoms with Crippen LogP contribution in [0.4, 0.5) is 0 Å². The van der Waals surface area contributed by atoms with Crippen LogP contribution in [0.25, 0.3) is 0 Å². The number of nitrogens with one attached hydrogen (secondary N) is 1. The van der Waals surface area contributed by atoms with Gasteiger partial charge in [0.25, 0.3) is 0 Å². The number of likely N-dealkylation sites (tertiary alicyclic amines) is 1. The molecule has 116 valence electrons. The van der Waals surface area contributed by atoms with Crippen molar-refractivity contribution in [3.8, 4) is 0 Å². The van der Waals surface area contributed by atoms with Crippen LogP contribution in [0.3, 0.4) is 0 Å². The molecule has 1 N–H and O–H groups in total. The summed E-state index contributed by atoms with van der Waals surface area (Å²) in [4.78, 5) is 14.9. The fourth-order valence-corrected chi connectivity index (χ4v) is 3.99. The van der Waals surface area contributed by atoms with E-state index in [1.807, 2.05) is 7.05 Å². The van der Waals surface area contributed by atoms with Crippen LogP contribution in [-0.2, 0) is 4.79 Å². The van der Waals surface area contributed by atoms with Gasteiger partial charge in [-0.15, -0.1) is 0 Å². The Balaban J connectivity index is 1.85. The molecule has 3 nitrogen and oxygen atoms in total. The van der Waals surface area contributed by atoms with Crippen LogP contribution in [0.5, 0.6) is 0 Å². The summed E-state index contributed by atoms with van der Waals surface area (Å²) in [5, 5.41) is 3.34. The highest BCUT2D eigenvalue weighted by Gasteiger charge is 2.29. The molecule has 20 heavy (non-hydrogen) atoms. The minimum absolute atomic E-state index is 0.300. The SMILES string of the molecule is CCCC(CC1CCCC1)C(=O)N1CCC(NC)CC1. The Morgan fingerprint density at radius 3 is 2.40 bits per heavy atom. The summed E-state index contributed by atoms with van der Waals surface area (Å²) < 4.78 is 0. The standard InChI is InChI=1S/C17H32N2O/c1-3-6-15(13-14-7-4-5-8-14)17(20)19-11-9-16(18-2)10-12-19/h14-16,18H,3-13H2,1-2H3. The minimum atomic E-state index is 0.300. The van der Waals surface area contributed by atoms with E-state index in [1.165, 1.54) is 25.7 Å². The number of piperidine rings is 1. The molecular weight excluding hydrogens is 248 g/mol. The molecule has 1 unspecified atom stereocenters. The molecule has 0 aromatic carbocycles. The van der Waals surface area contributed by atoms with E-state index in [2.05, 4.69) is 17.1 Å². The smallest absolute Gasteiger partial charge is 0.225 e. The second-order valence-corrected chi connectivity index (χ2v) is 6.76. The first kappa shape index (κ1) is 15.8. The number of hydrogen-bond acceptors (Lipinski definition) is 2. The highest BCUT2D eigenvalue weighted by atomic mass is 16.2. The second-order valence-electron chi connectivity index (χ2n) is 6.76. The summed E-state index contributed by atoms with van der Waals surface area (Å²) in [7, 11) is 2.03. The molecule has 1 saturated heterocycles. The number of carbonyl (C=O) groups excluding carboxylic acids is 1. The lowest BCUT2D eigenvalue weighted by atomic mass is 9.88. The Hall–Kier alpha value is -0.570. The van der Waals surface area contributed by atoms with Gasteiger partial charge in [0.2, 0.25) is 5.91 Å². The summed E-state index contributed by atoms with van der Waals surface area (Å²) in [6.07, 6.45) is 11.1. The first-order valence-corrected chi connectivity index (χ1v) is 8.70. The predicted molar refractivity (Wildman–Crippen MR) is 83.6 cm³/mol. The van der Waals surface area contributed by atoms with Crippen molar-refractivity contribution >= 4 is 5.91 Å². The molecule has 1 atom stereocenters. The summed E-state index contributed by atoms with van der Waals surface area (Å²) >= 11 is 0. The van der Waals surface area contributed by atoms with E-state index >= 15 is 0 Å². The molecular formula is C17H32N2O. The van der Waals surface area contributed by atoms with E-state index in [0.717, 1.165) is 51.1 Å². The van der Waals surface area contributed by atoms with E-state index in [4.69, 9.17) is 0 Å². The molecule has 2 rings (SSSR count). The monoisotopic (exact) mass is 280 g/mol. The summed E-state index contributed by atoms with van der Waals surface area (Å²) in [6.45, 7) is 4.12. The van der Waals surface area contributed by atoms with E-state index in [-0.39, 0.29) is 0 Å². The summed E-state index contributed by atoms with van der Waals surface area (Å²) in [5.41, 5.74) is 0. The molecule has 2 aliphatic rings. The van der Waals surface area contributed by atoms with Gasteiger partial charge in [-0.05, 0) is 38.6 Å². The average Bonchev–Trinajstić information content (AvgIpc) is 2.99. The van der Waals surface area contributed by atoms with Crippen LogP contribution in [0.1, 0.15) is 64.7 Å². The van der Waals surface area contributed by atoms with Crippen LogP contribution in [0, 0.1) is 11.8 Å². The molecule has 0 spiro atoms. The molecule has 1 aliphatic heterocycles. The van der Waals surface area contributed by atoms with Crippen molar-refractivity contribution in [2.75, 3.05) is 20.1 Å². The third-order valence-electron chi connectivity index (χ3n) is 5.29. The zero-order valence-electron chi connectivity index (χ0n) is 13.4. The van der Waals surface area contributed by atoms with Crippen molar-refractivity contribution < 1.29 is 4.79 Å². The minimum Gasteiger partial charge on any atom is -0.342 e. The Labute approximate surface area is 124 Å². The Morgan fingerprint density at radius 1 is 1.20 bits per heavy atom. The van der Waals surface area contributed by atoms with Crippen molar-refractivity contribution in [3.63, 3.8) is 0 Å². The molecule has 0 radical (unpaired) electrons. The number of amides is 1. The van der Waals surface area contributed by atoms with Crippen molar-refractivity contribution in [3.05, 3.63) is 0 Å². The molecule has 0 aromatic heterocycles. The van der Waals surface area contributed by atoms with Gasteiger partial charge in [0.05, 0.1) is 0 Å². The lowest BCUT2D eigenvalue weighted by molar-refractivity contribution is -0.137. The van der Waals surface area contributed by atoms with Crippen LogP contribution in [0.15, 0.2) is 0 Å². The fourth-order valence-electron chi connectivity index (χ4n) is 3.99. The Kier molecular flexibility index (Phi) is 6.34. The topological polar surface area (TPSA) is 32.3 Å². The van der Waals surface area contributed by atoms with E-state index < -0.39 is 0 Å². The van der Waals surface area contributed by atoms with Crippen molar-refractivity contribution in [2.45, 2.75) is 70.8 Å². The van der Waals surface area contributed by atoms with Gasteiger partial charge in [-0.3, -0.25) is 4.79 Å². The molecule has 0 bridgehead atoms. The molecule has 1 saturated carbocycles. The second kappa shape index (κ2) is 8.02. The average molecular weight is 280 g/mol. The lowest BCUT2D eigenvalue weighted by Crippen LogP contribution is -2.46. The predicted octanol–water partition coefficient (Wildman–Crippen LogP) is 3.19. The normalized spacial score (nSPS) is 23.2.